The first-order valence-corrected chi connectivity index (χ1v) is 5.61. The van der Waals surface area contributed by atoms with Crippen molar-refractivity contribution < 1.29 is 4.42 Å². The molecule has 0 spiro atoms. The fourth-order valence-electron chi connectivity index (χ4n) is 1.87. The third-order valence-corrected chi connectivity index (χ3v) is 3.03. The van der Waals surface area contributed by atoms with Crippen LogP contribution in [0.1, 0.15) is 44.3 Å². The van der Waals surface area contributed by atoms with E-state index < -0.39 is 0 Å². The summed E-state index contributed by atoms with van der Waals surface area (Å²) in [7, 11) is 0. The Labute approximate surface area is 90.6 Å². The van der Waals surface area contributed by atoms with Crippen LogP contribution in [-0.2, 0) is 0 Å². The van der Waals surface area contributed by atoms with Gasteiger partial charge in [0.15, 0.2) is 5.89 Å². The first-order chi connectivity index (χ1) is 7.31. The maximum atomic E-state index is 5.77. The van der Waals surface area contributed by atoms with Crippen molar-refractivity contribution in [1.29, 1.82) is 0 Å². The lowest BCUT2D eigenvalue weighted by Crippen LogP contribution is -2.26. The Morgan fingerprint density at radius 1 is 1.53 bits per heavy atom. The van der Waals surface area contributed by atoms with Gasteiger partial charge in [-0.05, 0) is 45.4 Å². The highest BCUT2D eigenvalue weighted by Crippen LogP contribution is 2.26. The topological polar surface area (TPSA) is 38.1 Å². The normalized spacial score (nSPS) is 19.5. The third kappa shape index (κ3) is 2.29. The molecule has 0 unspecified atom stereocenters. The summed E-state index contributed by atoms with van der Waals surface area (Å²) >= 11 is 0. The second-order valence-corrected chi connectivity index (χ2v) is 4.06. The number of nitrogens with one attached hydrogen (secondary N) is 1. The van der Waals surface area contributed by atoms with Gasteiger partial charge < -0.3 is 9.73 Å². The summed E-state index contributed by atoms with van der Waals surface area (Å²) in [5, 5.41) is 3.34. The van der Waals surface area contributed by atoms with Crippen LogP contribution in [-0.4, -0.2) is 18.1 Å². The molecule has 15 heavy (non-hydrogen) atoms. The monoisotopic (exact) mass is 206 g/mol. The predicted molar refractivity (Wildman–Crippen MR) is 60.7 cm³/mol. The van der Waals surface area contributed by atoms with Crippen LogP contribution in [0.15, 0.2) is 16.7 Å². The predicted octanol–water partition coefficient (Wildman–Crippen LogP) is 2.56. The Morgan fingerprint density at radius 3 is 2.93 bits per heavy atom. The highest BCUT2D eigenvalue weighted by molar-refractivity contribution is 5.57. The zero-order chi connectivity index (χ0) is 10.7. The van der Waals surface area contributed by atoms with Gasteiger partial charge in [-0.25, -0.2) is 4.98 Å². The van der Waals surface area contributed by atoms with Crippen molar-refractivity contribution in [3.8, 4) is 0 Å². The zero-order valence-corrected chi connectivity index (χ0v) is 9.42. The second-order valence-electron chi connectivity index (χ2n) is 4.06. The van der Waals surface area contributed by atoms with Crippen molar-refractivity contribution in [2.45, 2.75) is 32.6 Å². The third-order valence-electron chi connectivity index (χ3n) is 3.03. The van der Waals surface area contributed by atoms with E-state index in [0.29, 0.717) is 5.92 Å². The van der Waals surface area contributed by atoms with Crippen LogP contribution < -0.4 is 5.32 Å². The van der Waals surface area contributed by atoms with Crippen molar-refractivity contribution in [3.05, 3.63) is 23.9 Å². The lowest BCUT2D eigenvalue weighted by Gasteiger charge is -2.19. The van der Waals surface area contributed by atoms with E-state index in [9.17, 15) is 0 Å². The molecule has 3 heteroatoms. The van der Waals surface area contributed by atoms with Crippen LogP contribution in [0, 0.1) is 0 Å². The van der Waals surface area contributed by atoms with Crippen LogP contribution in [0.2, 0.25) is 0 Å². The molecule has 0 radical (unpaired) electrons. The molecule has 1 aliphatic rings. The van der Waals surface area contributed by atoms with Crippen molar-refractivity contribution in [2.24, 2.45) is 0 Å². The van der Waals surface area contributed by atoms with E-state index in [1.54, 1.807) is 0 Å². The Morgan fingerprint density at radius 2 is 2.27 bits per heavy atom. The van der Waals surface area contributed by atoms with E-state index in [2.05, 4.69) is 10.3 Å². The van der Waals surface area contributed by atoms with Gasteiger partial charge in [-0.3, -0.25) is 0 Å². The Kier molecular flexibility index (Phi) is 3.21. The number of hydrogen-bond acceptors (Lipinski definition) is 3. The Bertz CT molecular complexity index is 348. The number of hydrogen-bond donors (Lipinski definition) is 1. The molecular weight excluding hydrogens is 188 g/mol. The van der Waals surface area contributed by atoms with Gasteiger partial charge >= 0.3 is 0 Å². The van der Waals surface area contributed by atoms with Crippen LogP contribution in [0.4, 0.5) is 0 Å². The molecule has 0 aliphatic carbocycles. The molecule has 0 aromatic carbocycles. The van der Waals surface area contributed by atoms with Gasteiger partial charge in [0.05, 0.1) is 6.20 Å². The fourth-order valence-corrected chi connectivity index (χ4v) is 1.87. The minimum atomic E-state index is 0.504. The standard InChI is InChI=1S/C12H18N2O/c1-3-9(2)11-8-14-12(15-11)10-4-6-13-7-5-10/h3,8,10,13H,4-7H2,1-2H3/b9-3+. The summed E-state index contributed by atoms with van der Waals surface area (Å²) in [6.07, 6.45) is 6.16. The number of oxazole rings is 1. The van der Waals surface area contributed by atoms with E-state index >= 15 is 0 Å². The number of allylic oxidation sites excluding steroid dienone is 2. The minimum absolute atomic E-state index is 0.504. The summed E-state index contributed by atoms with van der Waals surface area (Å²) < 4.78 is 5.77. The van der Waals surface area contributed by atoms with Crippen LogP contribution in [0.5, 0.6) is 0 Å². The molecule has 3 nitrogen and oxygen atoms in total. The second kappa shape index (κ2) is 4.62. The summed E-state index contributed by atoms with van der Waals surface area (Å²) in [5.74, 6) is 2.32. The average Bonchev–Trinajstić information content (AvgIpc) is 2.78. The largest absolute Gasteiger partial charge is 0.441 e. The average molecular weight is 206 g/mol. The molecular formula is C12H18N2O. The molecule has 1 N–H and O–H groups in total. The first-order valence-electron chi connectivity index (χ1n) is 5.61. The van der Waals surface area contributed by atoms with Gasteiger partial charge in [0.1, 0.15) is 5.76 Å². The molecule has 1 aromatic rings. The maximum absolute atomic E-state index is 5.77. The Balaban J connectivity index is 2.12. The number of rotatable bonds is 2. The summed E-state index contributed by atoms with van der Waals surface area (Å²) in [6, 6.07) is 0. The molecule has 1 aromatic heterocycles. The Hall–Kier alpha value is -1.09. The number of nitrogens with zero attached hydrogens (tertiary/aromatic N) is 1. The van der Waals surface area contributed by atoms with E-state index in [0.717, 1.165) is 43.2 Å². The van der Waals surface area contributed by atoms with Crippen LogP contribution in [0.3, 0.4) is 0 Å². The van der Waals surface area contributed by atoms with E-state index in [-0.39, 0.29) is 0 Å². The zero-order valence-electron chi connectivity index (χ0n) is 9.42. The molecule has 0 amide bonds. The summed E-state index contributed by atoms with van der Waals surface area (Å²) in [4.78, 5) is 4.37. The number of piperidine rings is 1. The molecule has 2 heterocycles. The molecule has 1 saturated heterocycles. The minimum Gasteiger partial charge on any atom is -0.441 e. The smallest absolute Gasteiger partial charge is 0.198 e. The van der Waals surface area contributed by atoms with E-state index in [4.69, 9.17) is 4.42 Å². The van der Waals surface area contributed by atoms with Gasteiger partial charge in [0, 0.05) is 5.92 Å². The van der Waals surface area contributed by atoms with E-state index in [1.165, 1.54) is 0 Å². The van der Waals surface area contributed by atoms with Gasteiger partial charge in [0.2, 0.25) is 0 Å². The van der Waals surface area contributed by atoms with Crippen LogP contribution >= 0.6 is 0 Å². The van der Waals surface area contributed by atoms with Crippen molar-refractivity contribution in [2.75, 3.05) is 13.1 Å². The van der Waals surface area contributed by atoms with Gasteiger partial charge in [0.25, 0.3) is 0 Å². The molecule has 82 valence electrons. The summed E-state index contributed by atoms with van der Waals surface area (Å²) in [5.41, 5.74) is 1.16. The highest BCUT2D eigenvalue weighted by atomic mass is 16.4. The molecule has 0 saturated carbocycles. The van der Waals surface area contributed by atoms with E-state index in [1.807, 2.05) is 26.1 Å². The molecule has 1 aliphatic heterocycles. The van der Waals surface area contributed by atoms with Gasteiger partial charge in [-0.1, -0.05) is 6.08 Å². The lowest BCUT2D eigenvalue weighted by atomic mass is 9.98. The van der Waals surface area contributed by atoms with Crippen molar-refractivity contribution >= 4 is 5.57 Å². The van der Waals surface area contributed by atoms with Crippen molar-refractivity contribution in [1.82, 2.24) is 10.3 Å². The maximum Gasteiger partial charge on any atom is 0.198 e. The SMILES string of the molecule is C/C=C(\C)c1cnc(C2CCNCC2)o1. The molecule has 0 bridgehead atoms. The first kappa shape index (κ1) is 10.4. The molecule has 0 atom stereocenters. The quantitative estimate of drug-likeness (QED) is 0.808. The van der Waals surface area contributed by atoms with Crippen molar-refractivity contribution in [3.63, 3.8) is 0 Å². The van der Waals surface area contributed by atoms with Crippen LogP contribution in [0.25, 0.3) is 5.57 Å². The fraction of sp³-hybridized carbons (Fsp3) is 0.583. The summed E-state index contributed by atoms with van der Waals surface area (Å²) in [6.45, 7) is 6.21. The van der Waals surface area contributed by atoms with Gasteiger partial charge in [-0.15, -0.1) is 0 Å². The number of aromatic nitrogens is 1. The van der Waals surface area contributed by atoms with Gasteiger partial charge in [-0.2, -0.15) is 0 Å². The molecule has 1 fully saturated rings. The molecule has 2 rings (SSSR count). The lowest BCUT2D eigenvalue weighted by molar-refractivity contribution is 0.371. The highest BCUT2D eigenvalue weighted by Gasteiger charge is 2.20.